The lowest BCUT2D eigenvalue weighted by Crippen LogP contribution is -2.39. The second kappa shape index (κ2) is 21.5. The van der Waals surface area contributed by atoms with Gasteiger partial charge in [-0.05, 0) is 48.9 Å². The zero-order valence-corrected chi connectivity index (χ0v) is 29.7. The second-order valence-electron chi connectivity index (χ2n) is 11.4. The van der Waals surface area contributed by atoms with E-state index < -0.39 is 54.7 Å². The van der Waals surface area contributed by atoms with Gasteiger partial charge in [-0.15, -0.1) is 13.2 Å². The fourth-order valence-electron chi connectivity index (χ4n) is 4.99. The number of sulfonamides is 2. The van der Waals surface area contributed by atoms with E-state index in [1.54, 1.807) is 86.7 Å². The molecule has 0 unspecified atom stereocenters. The average molecular weight is 711 g/mol. The highest BCUT2D eigenvalue weighted by Gasteiger charge is 2.33. The lowest BCUT2D eigenvalue weighted by molar-refractivity contribution is 0.00122. The molecule has 0 aliphatic carbocycles. The van der Waals surface area contributed by atoms with Gasteiger partial charge in [0.2, 0.25) is 20.0 Å². The van der Waals surface area contributed by atoms with Crippen molar-refractivity contribution in [1.29, 1.82) is 0 Å². The summed E-state index contributed by atoms with van der Waals surface area (Å²) in [5, 5.41) is 9.01. The number of esters is 2. The summed E-state index contributed by atoms with van der Waals surface area (Å²) in [4.78, 5) is 24.4. The van der Waals surface area contributed by atoms with Gasteiger partial charge in [0, 0.05) is 27.1 Å². The molecule has 48 heavy (non-hydrogen) atoms. The Hall–Kier alpha value is -3.40. The van der Waals surface area contributed by atoms with E-state index in [4.69, 9.17) is 29.2 Å². The topological polar surface area (TPSA) is 191 Å². The summed E-state index contributed by atoms with van der Waals surface area (Å²) in [5.74, 6) is -1.54. The van der Waals surface area contributed by atoms with Gasteiger partial charge in [0.1, 0.15) is 12.2 Å². The number of nitrogens with two attached hydrogens (primary N) is 2. The Morgan fingerprint density at radius 2 is 0.979 bits per heavy atom. The molecule has 0 aromatic heterocycles. The molecule has 0 spiro atoms. The van der Waals surface area contributed by atoms with Crippen LogP contribution in [0.1, 0.15) is 60.2 Å². The summed E-state index contributed by atoms with van der Waals surface area (Å²) in [5.41, 5.74) is 0.787. The van der Waals surface area contributed by atoms with Gasteiger partial charge in [-0.3, -0.25) is 0 Å². The van der Waals surface area contributed by atoms with Gasteiger partial charge in [-0.2, -0.15) is 0 Å². The molecule has 0 bridgehead atoms. The van der Waals surface area contributed by atoms with Crippen molar-refractivity contribution < 1.29 is 45.4 Å². The fraction of sp³-hybridized carbons (Fsp3) is 0.471. The van der Waals surface area contributed by atoms with E-state index in [1.165, 1.54) is 14.2 Å². The van der Waals surface area contributed by atoms with E-state index in [-0.39, 0.29) is 37.9 Å². The van der Waals surface area contributed by atoms with Crippen molar-refractivity contribution in [2.75, 3.05) is 27.4 Å². The first-order chi connectivity index (χ1) is 22.6. The van der Waals surface area contributed by atoms with Crippen LogP contribution >= 0.6 is 0 Å². The molecule has 0 aliphatic rings. The van der Waals surface area contributed by atoms with Gasteiger partial charge >= 0.3 is 11.9 Å². The van der Waals surface area contributed by atoms with E-state index in [9.17, 15) is 26.4 Å². The Morgan fingerprint density at radius 3 is 1.23 bits per heavy atom. The molecular formula is C34H50N2O10S2. The monoisotopic (exact) mass is 710 g/mol. The van der Waals surface area contributed by atoms with E-state index in [0.29, 0.717) is 24.0 Å². The van der Waals surface area contributed by atoms with Crippen LogP contribution in [0.25, 0.3) is 0 Å². The van der Waals surface area contributed by atoms with Crippen molar-refractivity contribution >= 4 is 32.0 Å². The van der Waals surface area contributed by atoms with Crippen LogP contribution in [0.3, 0.4) is 0 Å². The largest absolute Gasteiger partial charge is 0.456 e. The quantitative estimate of drug-likeness (QED) is 0.148. The van der Waals surface area contributed by atoms with Gasteiger partial charge in [0.15, 0.2) is 0 Å². The SMILES string of the molecule is C=CC[C@H](C)[C@@H](C[C@H](COC)OC(=O)c1ccccc1)S(N)(=O)=O.C=CC[C@H](C)[C@H](C[C@H](COC)OC(=O)c1ccccc1)S(N)(=O)=O. The average Bonchev–Trinajstić information content (AvgIpc) is 3.02. The first-order valence-corrected chi connectivity index (χ1v) is 18.6. The molecule has 0 heterocycles. The summed E-state index contributed by atoms with van der Waals surface area (Å²) in [6, 6.07) is 17.0. The molecule has 6 atom stereocenters. The highest BCUT2D eigenvalue weighted by molar-refractivity contribution is 7.90. The number of primary sulfonamides is 2. The van der Waals surface area contributed by atoms with Crippen LogP contribution in [0.4, 0.5) is 0 Å². The van der Waals surface area contributed by atoms with E-state index in [2.05, 4.69) is 13.2 Å². The Labute approximate surface area is 285 Å². The number of methoxy groups -OCH3 is 2. The minimum absolute atomic E-state index is 0.0697. The molecule has 0 amide bonds. The van der Waals surface area contributed by atoms with Gasteiger partial charge in [0.25, 0.3) is 0 Å². The van der Waals surface area contributed by atoms with E-state index >= 15 is 0 Å². The van der Waals surface area contributed by atoms with Crippen LogP contribution < -0.4 is 10.3 Å². The van der Waals surface area contributed by atoms with Gasteiger partial charge < -0.3 is 18.9 Å². The number of hydrogen-bond acceptors (Lipinski definition) is 10. The summed E-state index contributed by atoms with van der Waals surface area (Å²) >= 11 is 0. The number of benzene rings is 2. The minimum atomic E-state index is -3.79. The molecule has 0 aliphatic heterocycles. The first kappa shape index (κ1) is 42.6. The van der Waals surface area contributed by atoms with Crippen LogP contribution in [0.5, 0.6) is 0 Å². The number of hydrogen-bond donors (Lipinski definition) is 2. The second-order valence-corrected chi connectivity index (χ2v) is 15.0. The maximum Gasteiger partial charge on any atom is 0.338 e. The minimum Gasteiger partial charge on any atom is -0.456 e. The highest BCUT2D eigenvalue weighted by Crippen LogP contribution is 2.23. The van der Waals surface area contributed by atoms with Crippen molar-refractivity contribution in [1.82, 2.24) is 0 Å². The maximum absolute atomic E-state index is 12.2. The van der Waals surface area contributed by atoms with Gasteiger partial charge in [-0.1, -0.05) is 62.4 Å². The molecule has 0 fully saturated rings. The number of ether oxygens (including phenoxy) is 4. The Balaban J connectivity index is 0.000000480. The Kier molecular flexibility index (Phi) is 19.1. The standard InChI is InChI=1S/2C17H25NO5S/c2*1-4-8-13(2)16(24(18,20)21)11-15(12-22-3)23-17(19)14-9-6-5-7-10-14/h2*4-7,9-10,13,15-16H,1,8,11-12H2,2-3H3,(H2,18,20,21)/t13-,15+,16+;13-,15+,16-/m00/s1. The van der Waals surface area contributed by atoms with E-state index in [1.807, 2.05) is 0 Å². The van der Waals surface area contributed by atoms with Crippen molar-refractivity contribution in [3.05, 3.63) is 97.1 Å². The first-order valence-electron chi connectivity index (χ1n) is 15.3. The van der Waals surface area contributed by atoms with Gasteiger partial charge in [-0.25, -0.2) is 36.7 Å². The molecule has 4 N–H and O–H groups in total. The summed E-state index contributed by atoms with van der Waals surface area (Å²) in [6.45, 7) is 11.0. The van der Waals surface area contributed by atoms with E-state index in [0.717, 1.165) is 0 Å². The molecule has 0 saturated carbocycles. The molecular weight excluding hydrogens is 661 g/mol. The van der Waals surface area contributed by atoms with Crippen LogP contribution in [-0.4, -0.2) is 78.9 Å². The number of carbonyl (C=O) groups excluding carboxylic acids is 2. The van der Waals surface area contributed by atoms with Crippen LogP contribution in [0.15, 0.2) is 86.0 Å². The van der Waals surface area contributed by atoms with Crippen molar-refractivity contribution in [2.45, 2.75) is 62.2 Å². The van der Waals surface area contributed by atoms with Crippen LogP contribution in [0, 0.1) is 11.8 Å². The van der Waals surface area contributed by atoms with Crippen molar-refractivity contribution in [2.24, 2.45) is 22.1 Å². The number of rotatable bonds is 20. The van der Waals surface area contributed by atoms with Crippen LogP contribution in [0.2, 0.25) is 0 Å². The third-order valence-corrected chi connectivity index (χ3v) is 10.5. The molecule has 268 valence electrons. The lowest BCUT2D eigenvalue weighted by Gasteiger charge is -2.25. The lowest BCUT2D eigenvalue weighted by atomic mass is 9.99. The highest BCUT2D eigenvalue weighted by atomic mass is 32.2. The summed E-state index contributed by atoms with van der Waals surface area (Å²) in [6.07, 6.45) is 2.99. The normalized spacial score (nSPS) is 15.3. The predicted octanol–water partition coefficient (Wildman–Crippen LogP) is 4.24. The Bertz CT molecular complexity index is 1370. The zero-order chi connectivity index (χ0) is 36.3. The Morgan fingerprint density at radius 1 is 0.667 bits per heavy atom. The predicted molar refractivity (Wildman–Crippen MR) is 186 cm³/mol. The van der Waals surface area contributed by atoms with Gasteiger partial charge in [0.05, 0.1) is 34.8 Å². The summed E-state index contributed by atoms with van der Waals surface area (Å²) < 4.78 is 68.6. The van der Waals surface area contributed by atoms with Crippen molar-refractivity contribution in [3.8, 4) is 0 Å². The molecule has 12 nitrogen and oxygen atoms in total. The fourth-order valence-corrected chi connectivity index (χ4v) is 7.47. The third kappa shape index (κ3) is 15.7. The van der Waals surface area contributed by atoms with Crippen LogP contribution in [-0.2, 0) is 39.0 Å². The molecule has 2 rings (SSSR count). The molecule has 2 aromatic rings. The summed E-state index contributed by atoms with van der Waals surface area (Å²) in [7, 11) is -4.67. The maximum atomic E-state index is 12.2. The smallest absolute Gasteiger partial charge is 0.338 e. The molecule has 0 saturated heterocycles. The number of carbonyl (C=O) groups is 2. The molecule has 14 heteroatoms. The van der Waals surface area contributed by atoms with Crippen molar-refractivity contribution in [3.63, 3.8) is 0 Å². The zero-order valence-electron chi connectivity index (χ0n) is 28.1. The number of allylic oxidation sites excluding steroid dienone is 2. The third-order valence-electron chi connectivity index (χ3n) is 7.45. The molecule has 2 aromatic carbocycles. The molecule has 0 radical (unpaired) electrons.